The van der Waals surface area contributed by atoms with Crippen molar-refractivity contribution in [1.82, 2.24) is 0 Å². The normalized spacial score (nSPS) is 26.8. The maximum atomic E-state index is 9.74. The minimum Gasteiger partial charge on any atom is -0.539 e. The maximum absolute atomic E-state index is 9.74. The topological polar surface area (TPSA) is 26.3 Å². The second-order valence-corrected chi connectivity index (χ2v) is 1.49. The van der Waals surface area contributed by atoms with Crippen molar-refractivity contribution in [3.05, 3.63) is 6.61 Å². The fourth-order valence-electron chi connectivity index (χ4n) is 0.558. The van der Waals surface area contributed by atoms with E-state index in [1.807, 2.05) is 0 Å². The van der Waals surface area contributed by atoms with E-state index in [-0.39, 0.29) is 38.8 Å². The Bertz CT molecular complexity index is 68.8. The van der Waals surface area contributed by atoms with Crippen molar-refractivity contribution >= 4 is 6.29 Å². The van der Waals surface area contributed by atoms with E-state index in [4.69, 9.17) is 4.74 Å². The third kappa shape index (κ3) is 2.34. The van der Waals surface area contributed by atoms with Crippen molar-refractivity contribution in [2.24, 2.45) is 0 Å². The first kappa shape index (κ1) is 8.73. The van der Waals surface area contributed by atoms with Gasteiger partial charge in [0.1, 0.15) is 0 Å². The average molecular weight is 187 g/mol. The molecule has 8 heavy (non-hydrogen) atoms. The van der Waals surface area contributed by atoms with Crippen LogP contribution in [0, 0.1) is 6.61 Å². The van der Waals surface area contributed by atoms with E-state index >= 15 is 0 Å². The molecule has 0 aliphatic carbocycles. The molecule has 1 atom stereocenters. The maximum Gasteiger partial charge on any atom is 0.0806 e. The van der Waals surface area contributed by atoms with Gasteiger partial charge in [0.15, 0.2) is 0 Å². The molecule has 0 aromatic rings. The zero-order chi connectivity index (χ0) is 5.11. The summed E-state index contributed by atoms with van der Waals surface area (Å²) in [5.41, 5.74) is 0. The fraction of sp³-hybridized carbons (Fsp3) is 0.600. The van der Waals surface area contributed by atoms with Crippen LogP contribution in [0.15, 0.2) is 0 Å². The molecule has 0 bridgehead atoms. The molecule has 0 spiro atoms. The Kier molecular flexibility index (Phi) is 5.02. The standard InChI is InChI=1S/C5H6O2.Y/c6-4-5-2-1-3-7-5;/h3,5H,1-2H2;/q-1;. The Morgan fingerprint density at radius 1 is 1.75 bits per heavy atom. The Labute approximate surface area is 73.9 Å². The minimum atomic E-state index is -0.264. The molecular weight excluding hydrogens is 181 g/mol. The molecule has 1 unspecified atom stereocenters. The molecule has 0 aromatic carbocycles. The summed E-state index contributed by atoms with van der Waals surface area (Å²) in [7, 11) is 0. The molecule has 0 saturated carbocycles. The van der Waals surface area contributed by atoms with Gasteiger partial charge in [0.05, 0.1) is 6.61 Å². The van der Waals surface area contributed by atoms with E-state index in [9.17, 15) is 4.79 Å². The van der Waals surface area contributed by atoms with Gasteiger partial charge in [-0.15, -0.1) is 0 Å². The van der Waals surface area contributed by atoms with Crippen LogP contribution in [0.2, 0.25) is 0 Å². The van der Waals surface area contributed by atoms with Crippen molar-refractivity contribution < 1.29 is 42.2 Å². The predicted molar refractivity (Wildman–Crippen MR) is 24.1 cm³/mol. The van der Waals surface area contributed by atoms with Crippen LogP contribution in [0.5, 0.6) is 0 Å². The van der Waals surface area contributed by atoms with Crippen LogP contribution in [0.4, 0.5) is 0 Å². The summed E-state index contributed by atoms with van der Waals surface area (Å²) in [4.78, 5) is 9.74. The molecule has 0 aromatic heterocycles. The van der Waals surface area contributed by atoms with Crippen LogP contribution in [0.3, 0.4) is 0 Å². The van der Waals surface area contributed by atoms with Crippen LogP contribution in [0.25, 0.3) is 0 Å². The molecule has 1 aliphatic heterocycles. The molecule has 2 radical (unpaired) electrons. The molecule has 1 heterocycles. The number of ether oxygens (including phenoxy) is 1. The van der Waals surface area contributed by atoms with Gasteiger partial charge < -0.3 is 9.53 Å². The molecule has 1 saturated heterocycles. The summed E-state index contributed by atoms with van der Waals surface area (Å²) in [5.74, 6) is 0. The summed E-state index contributed by atoms with van der Waals surface area (Å²) in [5, 5.41) is 0. The number of hydrogen-bond acceptors (Lipinski definition) is 2. The summed E-state index contributed by atoms with van der Waals surface area (Å²) >= 11 is 0. The van der Waals surface area contributed by atoms with Crippen molar-refractivity contribution in [3.63, 3.8) is 0 Å². The van der Waals surface area contributed by atoms with Crippen molar-refractivity contribution in [2.75, 3.05) is 0 Å². The third-order valence-electron chi connectivity index (χ3n) is 0.939. The predicted octanol–water partition coefficient (Wildman–Crippen LogP) is 0.434. The largest absolute Gasteiger partial charge is 0.539 e. The van der Waals surface area contributed by atoms with Crippen LogP contribution in [-0.2, 0) is 42.2 Å². The monoisotopic (exact) mass is 187 g/mol. The van der Waals surface area contributed by atoms with Crippen molar-refractivity contribution in [2.45, 2.75) is 18.9 Å². The van der Waals surface area contributed by atoms with Crippen molar-refractivity contribution in [1.29, 1.82) is 0 Å². The second-order valence-electron chi connectivity index (χ2n) is 1.49. The van der Waals surface area contributed by atoms with Gasteiger partial charge in [0.25, 0.3) is 0 Å². The van der Waals surface area contributed by atoms with Crippen LogP contribution >= 0.6 is 0 Å². The molecule has 3 heteroatoms. The van der Waals surface area contributed by atoms with Crippen LogP contribution in [-0.4, -0.2) is 12.4 Å². The summed E-state index contributed by atoms with van der Waals surface area (Å²) in [6.45, 7) is 1.65. The molecular formula is C5H6O2Y-. The Morgan fingerprint density at radius 3 is 2.75 bits per heavy atom. The molecule has 0 amide bonds. The van der Waals surface area contributed by atoms with Gasteiger partial charge in [0, 0.05) is 32.7 Å². The minimum absolute atomic E-state index is 0. The molecule has 2 nitrogen and oxygen atoms in total. The van der Waals surface area contributed by atoms with Crippen LogP contribution < -0.4 is 0 Å². The average Bonchev–Trinajstić information content (AvgIpc) is 2.14. The molecule has 1 fully saturated rings. The van der Waals surface area contributed by atoms with E-state index in [1.54, 1.807) is 12.9 Å². The van der Waals surface area contributed by atoms with Gasteiger partial charge in [-0.2, -0.15) is 0 Å². The van der Waals surface area contributed by atoms with Crippen LogP contribution in [0.1, 0.15) is 12.8 Å². The molecule has 1 aliphatic rings. The Morgan fingerprint density at radius 2 is 2.50 bits per heavy atom. The molecule has 0 N–H and O–H groups in total. The van der Waals surface area contributed by atoms with E-state index < -0.39 is 0 Å². The smallest absolute Gasteiger partial charge is 0.0806 e. The van der Waals surface area contributed by atoms with Gasteiger partial charge in [-0.25, -0.2) is 6.29 Å². The van der Waals surface area contributed by atoms with Gasteiger partial charge in [-0.05, 0) is 18.9 Å². The third-order valence-corrected chi connectivity index (χ3v) is 0.939. The fourth-order valence-corrected chi connectivity index (χ4v) is 0.558. The summed E-state index contributed by atoms with van der Waals surface area (Å²) in [6.07, 6.45) is 3.19. The van der Waals surface area contributed by atoms with E-state index in [2.05, 4.69) is 0 Å². The first-order valence-electron chi connectivity index (χ1n) is 2.28. The summed E-state index contributed by atoms with van der Waals surface area (Å²) < 4.78 is 4.75. The summed E-state index contributed by atoms with van der Waals surface area (Å²) in [6, 6.07) is 0. The quantitative estimate of drug-likeness (QED) is 0.556. The SMILES string of the molecule is O=[C-]C1CC[CH]O1.[Y]. The Hall–Kier alpha value is 0.734. The van der Waals surface area contributed by atoms with E-state index in [0.717, 1.165) is 12.8 Å². The van der Waals surface area contributed by atoms with Crippen molar-refractivity contribution in [3.8, 4) is 0 Å². The second kappa shape index (κ2) is 4.60. The zero-order valence-electron chi connectivity index (χ0n) is 4.46. The van der Waals surface area contributed by atoms with Gasteiger partial charge >= 0.3 is 0 Å². The van der Waals surface area contributed by atoms with E-state index in [1.165, 1.54) is 0 Å². The first-order chi connectivity index (χ1) is 3.43. The number of carbonyl (C=O) groups excluding carboxylic acids is 1. The zero-order valence-corrected chi connectivity index (χ0v) is 7.30. The molecule has 42 valence electrons. The number of hydrogen-bond donors (Lipinski definition) is 0. The van der Waals surface area contributed by atoms with Gasteiger partial charge in [-0.1, -0.05) is 0 Å². The van der Waals surface area contributed by atoms with E-state index in [0.29, 0.717) is 0 Å². The first-order valence-corrected chi connectivity index (χ1v) is 2.28. The Balaban J connectivity index is 0.000000490. The van der Waals surface area contributed by atoms with Gasteiger partial charge in [0.2, 0.25) is 0 Å². The van der Waals surface area contributed by atoms with Gasteiger partial charge in [-0.3, -0.25) is 0 Å². The molecule has 1 rings (SSSR count). The number of rotatable bonds is 1.